The van der Waals surface area contributed by atoms with Gasteiger partial charge in [-0.15, -0.1) is 0 Å². The molecule has 1 heterocycles. The first-order valence-electron chi connectivity index (χ1n) is 6.01. The summed E-state index contributed by atoms with van der Waals surface area (Å²) in [4.78, 5) is 3.15. The lowest BCUT2D eigenvalue weighted by Crippen LogP contribution is -2.23. The number of aromatic amines is 1. The van der Waals surface area contributed by atoms with Crippen LogP contribution in [-0.2, 0) is 6.54 Å². The summed E-state index contributed by atoms with van der Waals surface area (Å²) in [6.07, 6.45) is 2.04. The average molecular weight is 240 g/mol. The molecule has 16 heavy (non-hydrogen) atoms. The van der Waals surface area contributed by atoms with Crippen LogP contribution in [-0.4, -0.2) is 9.55 Å². The second-order valence-electron chi connectivity index (χ2n) is 6.05. The Morgan fingerprint density at radius 3 is 2.31 bits per heavy atom. The smallest absolute Gasteiger partial charge is 0.177 e. The third-order valence-corrected chi connectivity index (χ3v) is 3.76. The van der Waals surface area contributed by atoms with Crippen molar-refractivity contribution in [2.75, 3.05) is 0 Å². The van der Waals surface area contributed by atoms with Crippen LogP contribution < -0.4 is 0 Å². The molecule has 0 aliphatic heterocycles. The standard InChI is InChI=1S/C13H24N2S/c1-9(2)11-7-14-12(16)15(11)8-10(3)13(4,5)6/h7,9-10H,8H2,1-6H3,(H,14,16). The number of hydrogen-bond donors (Lipinski definition) is 1. The summed E-state index contributed by atoms with van der Waals surface area (Å²) >= 11 is 5.34. The van der Waals surface area contributed by atoms with E-state index in [-0.39, 0.29) is 0 Å². The third kappa shape index (κ3) is 2.97. The van der Waals surface area contributed by atoms with E-state index in [1.165, 1.54) is 5.69 Å². The van der Waals surface area contributed by atoms with Crippen LogP contribution in [0, 0.1) is 16.1 Å². The normalized spacial score (nSPS) is 14.4. The lowest BCUT2D eigenvalue weighted by molar-refractivity contribution is 0.230. The Morgan fingerprint density at radius 1 is 1.31 bits per heavy atom. The summed E-state index contributed by atoms with van der Waals surface area (Å²) < 4.78 is 3.09. The van der Waals surface area contributed by atoms with Crippen LogP contribution in [0.25, 0.3) is 0 Å². The monoisotopic (exact) mass is 240 g/mol. The van der Waals surface area contributed by atoms with Gasteiger partial charge in [0.1, 0.15) is 0 Å². The van der Waals surface area contributed by atoms with E-state index >= 15 is 0 Å². The van der Waals surface area contributed by atoms with Gasteiger partial charge in [0, 0.05) is 18.4 Å². The molecular weight excluding hydrogens is 216 g/mol. The first-order chi connectivity index (χ1) is 7.23. The van der Waals surface area contributed by atoms with Gasteiger partial charge < -0.3 is 9.55 Å². The average Bonchev–Trinajstić information content (AvgIpc) is 2.46. The predicted octanol–water partition coefficient (Wildman–Crippen LogP) is 4.35. The molecule has 0 aliphatic carbocycles. The van der Waals surface area contributed by atoms with Crippen LogP contribution >= 0.6 is 12.2 Å². The first kappa shape index (κ1) is 13.5. The van der Waals surface area contributed by atoms with Crippen molar-refractivity contribution < 1.29 is 0 Å². The van der Waals surface area contributed by atoms with Crippen molar-refractivity contribution in [2.45, 2.75) is 54.0 Å². The molecule has 0 bridgehead atoms. The zero-order valence-electron chi connectivity index (χ0n) is 11.3. The van der Waals surface area contributed by atoms with Gasteiger partial charge in [0.25, 0.3) is 0 Å². The SMILES string of the molecule is CC(C)c1c[nH]c(=S)n1CC(C)C(C)(C)C. The largest absolute Gasteiger partial charge is 0.337 e. The van der Waals surface area contributed by atoms with E-state index < -0.39 is 0 Å². The molecule has 1 N–H and O–H groups in total. The maximum Gasteiger partial charge on any atom is 0.177 e. The van der Waals surface area contributed by atoms with Crippen molar-refractivity contribution in [2.24, 2.45) is 11.3 Å². The molecule has 0 radical (unpaired) electrons. The van der Waals surface area contributed by atoms with Crippen molar-refractivity contribution >= 4 is 12.2 Å². The topological polar surface area (TPSA) is 20.7 Å². The van der Waals surface area contributed by atoms with Crippen molar-refractivity contribution in [3.8, 4) is 0 Å². The van der Waals surface area contributed by atoms with Crippen molar-refractivity contribution in [3.63, 3.8) is 0 Å². The molecule has 1 unspecified atom stereocenters. The number of nitrogens with one attached hydrogen (secondary N) is 1. The Bertz CT molecular complexity index is 393. The van der Waals surface area contributed by atoms with E-state index in [4.69, 9.17) is 12.2 Å². The second kappa shape index (κ2) is 4.74. The summed E-state index contributed by atoms with van der Waals surface area (Å²) in [7, 11) is 0. The van der Waals surface area contributed by atoms with Crippen LogP contribution in [0.15, 0.2) is 6.20 Å². The maximum atomic E-state index is 5.34. The fourth-order valence-electron chi connectivity index (χ4n) is 1.62. The van der Waals surface area contributed by atoms with E-state index in [2.05, 4.69) is 51.1 Å². The van der Waals surface area contributed by atoms with E-state index in [0.717, 1.165) is 11.3 Å². The quantitative estimate of drug-likeness (QED) is 0.779. The molecule has 0 amide bonds. The molecule has 1 aromatic heterocycles. The minimum absolute atomic E-state index is 0.320. The zero-order chi connectivity index (χ0) is 12.5. The fraction of sp³-hybridized carbons (Fsp3) is 0.769. The van der Waals surface area contributed by atoms with Gasteiger partial charge in [0.2, 0.25) is 0 Å². The molecule has 1 aromatic rings. The number of nitrogens with zero attached hydrogens (tertiary/aromatic N) is 1. The summed E-state index contributed by atoms with van der Waals surface area (Å²) in [6.45, 7) is 14.5. The highest BCUT2D eigenvalue weighted by atomic mass is 32.1. The summed E-state index contributed by atoms with van der Waals surface area (Å²) in [5.74, 6) is 1.12. The molecule has 0 saturated carbocycles. The van der Waals surface area contributed by atoms with Gasteiger partial charge in [0.15, 0.2) is 4.77 Å². The van der Waals surface area contributed by atoms with Crippen molar-refractivity contribution in [1.29, 1.82) is 0 Å². The van der Waals surface area contributed by atoms with E-state index in [1.807, 2.05) is 6.20 Å². The summed E-state index contributed by atoms with van der Waals surface area (Å²) in [6, 6.07) is 0. The van der Waals surface area contributed by atoms with Gasteiger partial charge in [-0.2, -0.15) is 0 Å². The fourth-order valence-corrected chi connectivity index (χ4v) is 1.86. The Morgan fingerprint density at radius 2 is 1.88 bits per heavy atom. The van der Waals surface area contributed by atoms with Crippen LogP contribution in [0.4, 0.5) is 0 Å². The number of imidazole rings is 1. The third-order valence-electron chi connectivity index (χ3n) is 3.43. The summed E-state index contributed by atoms with van der Waals surface area (Å²) in [5.41, 5.74) is 1.63. The van der Waals surface area contributed by atoms with Crippen molar-refractivity contribution in [1.82, 2.24) is 9.55 Å². The molecule has 1 rings (SSSR count). The molecule has 0 saturated heterocycles. The van der Waals surface area contributed by atoms with Crippen LogP contribution in [0.2, 0.25) is 0 Å². The van der Waals surface area contributed by atoms with E-state index in [1.54, 1.807) is 0 Å². The van der Waals surface area contributed by atoms with Gasteiger partial charge in [-0.05, 0) is 29.5 Å². The van der Waals surface area contributed by atoms with Gasteiger partial charge in [-0.1, -0.05) is 41.5 Å². The Hall–Kier alpha value is -0.570. The molecule has 1 atom stereocenters. The molecule has 92 valence electrons. The number of rotatable bonds is 3. The molecule has 0 spiro atoms. The van der Waals surface area contributed by atoms with Crippen LogP contribution in [0.3, 0.4) is 0 Å². The zero-order valence-corrected chi connectivity index (χ0v) is 12.1. The molecular formula is C13H24N2S. The van der Waals surface area contributed by atoms with Crippen molar-refractivity contribution in [3.05, 3.63) is 16.7 Å². The maximum absolute atomic E-state index is 5.34. The van der Waals surface area contributed by atoms with E-state index in [0.29, 0.717) is 17.3 Å². The molecule has 3 heteroatoms. The number of aromatic nitrogens is 2. The molecule has 0 fully saturated rings. The van der Waals surface area contributed by atoms with Gasteiger partial charge in [0.05, 0.1) is 0 Å². The lowest BCUT2D eigenvalue weighted by atomic mass is 9.82. The highest BCUT2D eigenvalue weighted by Gasteiger charge is 2.21. The highest BCUT2D eigenvalue weighted by molar-refractivity contribution is 7.71. The predicted molar refractivity (Wildman–Crippen MR) is 72.3 cm³/mol. The first-order valence-corrected chi connectivity index (χ1v) is 6.42. The minimum atomic E-state index is 0.320. The highest BCUT2D eigenvalue weighted by Crippen LogP contribution is 2.28. The Kier molecular flexibility index (Phi) is 4.00. The Labute approximate surface area is 104 Å². The van der Waals surface area contributed by atoms with Gasteiger partial charge in [-0.25, -0.2) is 0 Å². The minimum Gasteiger partial charge on any atom is -0.337 e. The molecule has 0 aromatic carbocycles. The molecule has 0 aliphatic rings. The van der Waals surface area contributed by atoms with Gasteiger partial charge in [-0.3, -0.25) is 0 Å². The molecule has 2 nitrogen and oxygen atoms in total. The second-order valence-corrected chi connectivity index (χ2v) is 6.44. The van der Waals surface area contributed by atoms with E-state index in [9.17, 15) is 0 Å². The number of H-pyrrole nitrogens is 1. The Balaban J connectivity index is 2.97. The summed E-state index contributed by atoms with van der Waals surface area (Å²) in [5, 5.41) is 0. The lowest BCUT2D eigenvalue weighted by Gasteiger charge is -2.28. The van der Waals surface area contributed by atoms with Crippen LogP contribution in [0.5, 0.6) is 0 Å². The van der Waals surface area contributed by atoms with Crippen LogP contribution in [0.1, 0.15) is 53.2 Å². The van der Waals surface area contributed by atoms with Gasteiger partial charge >= 0.3 is 0 Å². The number of hydrogen-bond acceptors (Lipinski definition) is 1.